The van der Waals surface area contributed by atoms with Gasteiger partial charge in [0.2, 0.25) is 0 Å². The van der Waals surface area contributed by atoms with Crippen LogP contribution in [0.4, 0.5) is 0 Å². The predicted molar refractivity (Wildman–Crippen MR) is 131 cm³/mol. The second-order valence-electron chi connectivity index (χ2n) is 8.62. The molecular formula is C27H25N3O4. The Kier molecular flexibility index (Phi) is 5.08. The summed E-state index contributed by atoms with van der Waals surface area (Å²) in [5.41, 5.74) is 5.14. The molecule has 6 rings (SSSR count). The number of aromatic carboxylic acids is 1. The van der Waals surface area contributed by atoms with Crippen LogP contribution < -0.4 is 0 Å². The summed E-state index contributed by atoms with van der Waals surface area (Å²) in [5, 5.41) is 11.9. The number of fused-ring (bicyclic) bond motifs is 4. The first kappa shape index (κ1) is 20.9. The molecule has 3 heterocycles. The maximum atomic E-state index is 11.6. The fraction of sp³-hybridized carbons (Fsp3) is 0.259. The monoisotopic (exact) mass is 455 g/mol. The molecule has 0 radical (unpaired) electrons. The highest BCUT2D eigenvalue weighted by atomic mass is 16.6. The average molecular weight is 456 g/mol. The number of aromatic nitrogens is 3. The minimum atomic E-state index is -0.962. The van der Waals surface area contributed by atoms with Crippen LogP contribution >= 0.6 is 0 Å². The molecule has 0 bridgehead atoms. The van der Waals surface area contributed by atoms with Gasteiger partial charge in [0.05, 0.1) is 49.1 Å². The molecule has 1 fully saturated rings. The first-order valence-electron chi connectivity index (χ1n) is 11.6. The van der Waals surface area contributed by atoms with Gasteiger partial charge < -0.3 is 23.7 Å². The highest BCUT2D eigenvalue weighted by Gasteiger charge is 2.21. The summed E-state index contributed by atoms with van der Waals surface area (Å²) in [7, 11) is 0. The average Bonchev–Trinajstić information content (AvgIpc) is 3.39. The molecule has 1 N–H and O–H groups in total. The van der Waals surface area contributed by atoms with Crippen molar-refractivity contribution >= 4 is 38.8 Å². The lowest BCUT2D eigenvalue weighted by atomic mass is 10.1. The van der Waals surface area contributed by atoms with Crippen molar-refractivity contribution in [1.29, 1.82) is 0 Å². The molecule has 0 spiro atoms. The van der Waals surface area contributed by atoms with Crippen molar-refractivity contribution in [3.05, 3.63) is 66.2 Å². The topological polar surface area (TPSA) is 78.5 Å². The Morgan fingerprint density at radius 1 is 1.00 bits per heavy atom. The number of benzene rings is 3. The molecule has 0 amide bonds. The lowest BCUT2D eigenvalue weighted by molar-refractivity contribution is -0.0931. The molecule has 7 heteroatoms. The fourth-order valence-electron chi connectivity index (χ4n) is 5.05. The number of hydrogen-bond acceptors (Lipinski definition) is 4. The minimum Gasteiger partial charge on any atom is -0.478 e. The smallest absolute Gasteiger partial charge is 0.335 e. The van der Waals surface area contributed by atoms with Gasteiger partial charge in [-0.2, -0.15) is 0 Å². The minimum absolute atomic E-state index is 0.0882. The standard InChI is InChI=1S/C27H25N3O4/c1-2-29-23-6-4-3-5-20(23)21-13-17(7-9-24(21)29)26-28-22-14-18(27(31)32)8-10-25(22)30(26)15-19-16-33-11-12-34-19/h3-10,13-14,19H,2,11-12,15-16H2,1H3,(H,31,32)/t19-/m0/s1. The van der Waals surface area contributed by atoms with Crippen LogP contribution in [0, 0.1) is 0 Å². The molecule has 34 heavy (non-hydrogen) atoms. The van der Waals surface area contributed by atoms with Gasteiger partial charge >= 0.3 is 5.97 Å². The number of ether oxygens (including phenoxy) is 2. The first-order chi connectivity index (χ1) is 16.6. The number of hydrogen-bond donors (Lipinski definition) is 1. The van der Waals surface area contributed by atoms with Crippen molar-refractivity contribution in [3.8, 4) is 11.4 Å². The maximum Gasteiger partial charge on any atom is 0.335 e. The third-order valence-corrected chi connectivity index (χ3v) is 6.61. The van der Waals surface area contributed by atoms with Gasteiger partial charge in [-0.1, -0.05) is 18.2 Å². The van der Waals surface area contributed by atoms with Gasteiger partial charge in [-0.3, -0.25) is 0 Å². The second kappa shape index (κ2) is 8.27. The van der Waals surface area contributed by atoms with E-state index in [-0.39, 0.29) is 11.7 Å². The second-order valence-corrected chi connectivity index (χ2v) is 8.62. The van der Waals surface area contributed by atoms with Crippen LogP contribution in [0.25, 0.3) is 44.2 Å². The van der Waals surface area contributed by atoms with Crippen LogP contribution in [0.5, 0.6) is 0 Å². The summed E-state index contributed by atoms with van der Waals surface area (Å²) in [6, 6.07) is 20.0. The zero-order chi connectivity index (χ0) is 23.2. The Labute approximate surface area is 196 Å². The summed E-state index contributed by atoms with van der Waals surface area (Å²) in [6.45, 7) is 5.32. The van der Waals surface area contributed by atoms with Crippen LogP contribution in [0.15, 0.2) is 60.7 Å². The Balaban J connectivity index is 1.55. The van der Waals surface area contributed by atoms with Crippen molar-refractivity contribution in [3.63, 3.8) is 0 Å². The summed E-state index contributed by atoms with van der Waals surface area (Å²) in [5.74, 6) is -0.169. The third-order valence-electron chi connectivity index (χ3n) is 6.61. The number of carbonyl (C=O) groups is 1. The summed E-state index contributed by atoms with van der Waals surface area (Å²) < 4.78 is 16.0. The van der Waals surface area contributed by atoms with Crippen molar-refractivity contribution in [2.24, 2.45) is 0 Å². The molecule has 5 aromatic rings. The van der Waals surface area contributed by atoms with Crippen molar-refractivity contribution < 1.29 is 19.4 Å². The molecule has 1 atom stereocenters. The van der Waals surface area contributed by atoms with Crippen LogP contribution in [-0.2, 0) is 22.6 Å². The van der Waals surface area contributed by atoms with E-state index >= 15 is 0 Å². The van der Waals surface area contributed by atoms with E-state index < -0.39 is 5.97 Å². The Bertz CT molecular complexity index is 1540. The van der Waals surface area contributed by atoms with Gasteiger partial charge in [0.15, 0.2) is 0 Å². The van der Waals surface area contributed by atoms with E-state index in [0.29, 0.717) is 31.9 Å². The van der Waals surface area contributed by atoms with E-state index in [1.807, 2.05) is 6.07 Å². The van der Waals surface area contributed by atoms with Gasteiger partial charge in [0.25, 0.3) is 0 Å². The number of para-hydroxylation sites is 1. The molecular weight excluding hydrogens is 430 g/mol. The summed E-state index contributed by atoms with van der Waals surface area (Å²) in [4.78, 5) is 16.5. The van der Waals surface area contributed by atoms with Crippen molar-refractivity contribution in [2.45, 2.75) is 26.1 Å². The van der Waals surface area contributed by atoms with E-state index in [2.05, 4.69) is 58.5 Å². The van der Waals surface area contributed by atoms with E-state index in [9.17, 15) is 9.90 Å². The Morgan fingerprint density at radius 3 is 2.62 bits per heavy atom. The zero-order valence-electron chi connectivity index (χ0n) is 18.9. The van der Waals surface area contributed by atoms with E-state index in [1.165, 1.54) is 21.8 Å². The summed E-state index contributed by atoms with van der Waals surface area (Å²) >= 11 is 0. The third kappa shape index (κ3) is 3.36. The van der Waals surface area contributed by atoms with Gasteiger partial charge in [0, 0.05) is 33.9 Å². The summed E-state index contributed by atoms with van der Waals surface area (Å²) in [6.07, 6.45) is -0.0882. The van der Waals surface area contributed by atoms with Crippen molar-refractivity contribution in [2.75, 3.05) is 19.8 Å². The molecule has 172 valence electrons. The largest absolute Gasteiger partial charge is 0.478 e. The molecule has 1 aliphatic heterocycles. The lowest BCUT2D eigenvalue weighted by Crippen LogP contribution is -2.32. The SMILES string of the molecule is CCn1c2ccccc2c2cc(-c3nc4cc(C(=O)O)ccc4n3C[C@H]3COCCO3)ccc21. The fourth-order valence-corrected chi connectivity index (χ4v) is 5.05. The number of nitrogens with zero attached hydrogens (tertiary/aromatic N) is 3. The van der Waals surface area contributed by atoms with Crippen molar-refractivity contribution in [1.82, 2.24) is 14.1 Å². The number of imidazole rings is 1. The highest BCUT2D eigenvalue weighted by Crippen LogP contribution is 2.34. The number of rotatable bonds is 5. The highest BCUT2D eigenvalue weighted by molar-refractivity contribution is 6.09. The van der Waals surface area contributed by atoms with Crippen LogP contribution in [0.2, 0.25) is 0 Å². The first-order valence-corrected chi connectivity index (χ1v) is 11.6. The quantitative estimate of drug-likeness (QED) is 0.406. The molecule has 0 aliphatic carbocycles. The Hall–Kier alpha value is -3.68. The van der Waals surface area contributed by atoms with Crippen LogP contribution in [0.1, 0.15) is 17.3 Å². The number of carboxylic acid groups (broad SMARTS) is 1. The molecule has 3 aromatic carbocycles. The van der Waals surface area contributed by atoms with Crippen LogP contribution in [-0.4, -0.2) is 51.1 Å². The molecule has 1 saturated heterocycles. The molecule has 0 unspecified atom stereocenters. The van der Waals surface area contributed by atoms with Gasteiger partial charge in [0.1, 0.15) is 5.82 Å². The van der Waals surface area contributed by atoms with Gasteiger partial charge in [-0.15, -0.1) is 0 Å². The zero-order valence-corrected chi connectivity index (χ0v) is 18.9. The molecule has 7 nitrogen and oxygen atoms in total. The van der Waals surface area contributed by atoms with E-state index in [1.54, 1.807) is 12.1 Å². The predicted octanol–water partition coefficient (Wildman–Crippen LogP) is 4.94. The van der Waals surface area contributed by atoms with E-state index in [4.69, 9.17) is 14.5 Å². The normalized spacial score (nSPS) is 16.6. The lowest BCUT2D eigenvalue weighted by Gasteiger charge is -2.24. The van der Waals surface area contributed by atoms with Gasteiger partial charge in [-0.25, -0.2) is 9.78 Å². The molecule has 0 saturated carbocycles. The molecule has 2 aromatic heterocycles. The molecule has 1 aliphatic rings. The van der Waals surface area contributed by atoms with E-state index in [0.717, 1.165) is 23.4 Å². The Morgan fingerprint density at radius 2 is 1.82 bits per heavy atom. The number of aryl methyl sites for hydroxylation is 1. The number of carboxylic acids is 1. The van der Waals surface area contributed by atoms with Gasteiger partial charge in [-0.05, 0) is 49.4 Å². The maximum absolute atomic E-state index is 11.6. The van der Waals surface area contributed by atoms with Crippen LogP contribution in [0.3, 0.4) is 0 Å².